The molecule has 1 saturated heterocycles. The predicted molar refractivity (Wildman–Crippen MR) is 108 cm³/mol. The van der Waals surface area contributed by atoms with E-state index in [1.54, 1.807) is 12.1 Å². The van der Waals surface area contributed by atoms with Gasteiger partial charge < -0.3 is 9.42 Å². The lowest BCUT2D eigenvalue weighted by molar-refractivity contribution is -0.385. The molecule has 3 heterocycles. The number of nitrogens with zero attached hydrogens (tertiary/aromatic N) is 5. The van der Waals surface area contributed by atoms with Gasteiger partial charge in [0.15, 0.2) is 5.76 Å². The van der Waals surface area contributed by atoms with Crippen molar-refractivity contribution in [3.63, 3.8) is 0 Å². The Bertz CT molecular complexity index is 1040. The number of benzene rings is 1. The molecule has 3 aromatic rings. The van der Waals surface area contributed by atoms with Crippen molar-refractivity contribution in [2.45, 2.75) is 45.2 Å². The van der Waals surface area contributed by atoms with Crippen molar-refractivity contribution in [2.24, 2.45) is 0 Å². The number of rotatable bonds is 5. The standard InChI is InChI=1S/C21H23N5O4/c1-15-11-20(30-23-15)19-5-3-2-4-10-25(19)21(27)17-8-6-16(7-9-17)13-24-14-18(12-22-24)26(28)29/h6-9,11-12,14,19H,2-5,10,13H2,1H3. The fourth-order valence-corrected chi connectivity index (χ4v) is 3.83. The number of aromatic nitrogens is 3. The predicted octanol–water partition coefficient (Wildman–Crippen LogP) is 3.89. The average molecular weight is 409 g/mol. The number of carbonyl (C=O) groups is 1. The number of hydrogen-bond acceptors (Lipinski definition) is 6. The first-order valence-electron chi connectivity index (χ1n) is 10.0. The number of carbonyl (C=O) groups excluding carboxylic acids is 1. The number of hydrogen-bond donors (Lipinski definition) is 0. The van der Waals surface area contributed by atoms with E-state index >= 15 is 0 Å². The van der Waals surface area contributed by atoms with E-state index in [1.807, 2.05) is 30.0 Å². The van der Waals surface area contributed by atoms with Crippen molar-refractivity contribution in [3.05, 3.63) is 75.4 Å². The van der Waals surface area contributed by atoms with Crippen LogP contribution in [0.2, 0.25) is 0 Å². The van der Waals surface area contributed by atoms with Gasteiger partial charge in [-0.25, -0.2) is 0 Å². The third kappa shape index (κ3) is 4.24. The zero-order valence-electron chi connectivity index (χ0n) is 16.7. The van der Waals surface area contributed by atoms with E-state index in [2.05, 4.69) is 10.3 Å². The first-order valence-corrected chi connectivity index (χ1v) is 10.0. The van der Waals surface area contributed by atoms with E-state index < -0.39 is 4.92 Å². The highest BCUT2D eigenvalue weighted by Crippen LogP contribution is 2.31. The summed E-state index contributed by atoms with van der Waals surface area (Å²) in [7, 11) is 0. The van der Waals surface area contributed by atoms with Gasteiger partial charge in [0, 0.05) is 18.2 Å². The van der Waals surface area contributed by atoms with Crippen LogP contribution < -0.4 is 0 Å². The second-order valence-corrected chi connectivity index (χ2v) is 7.58. The molecule has 0 aliphatic carbocycles. The van der Waals surface area contributed by atoms with E-state index in [1.165, 1.54) is 17.1 Å². The maximum atomic E-state index is 13.3. The quantitative estimate of drug-likeness (QED) is 0.467. The van der Waals surface area contributed by atoms with Crippen LogP contribution in [0.4, 0.5) is 5.69 Å². The summed E-state index contributed by atoms with van der Waals surface area (Å²) in [5.41, 5.74) is 2.28. The molecule has 1 atom stereocenters. The second-order valence-electron chi connectivity index (χ2n) is 7.58. The Kier molecular flexibility index (Phi) is 5.60. The van der Waals surface area contributed by atoms with Crippen LogP contribution in [-0.2, 0) is 6.54 Å². The van der Waals surface area contributed by atoms with Gasteiger partial charge in [-0.2, -0.15) is 5.10 Å². The lowest BCUT2D eigenvalue weighted by atomic mass is 10.1. The molecule has 1 unspecified atom stereocenters. The highest BCUT2D eigenvalue weighted by molar-refractivity contribution is 5.94. The number of aryl methyl sites for hydroxylation is 1. The van der Waals surface area contributed by atoms with Crippen LogP contribution >= 0.6 is 0 Å². The first-order chi connectivity index (χ1) is 14.5. The molecule has 1 aliphatic rings. The third-order valence-electron chi connectivity index (χ3n) is 5.36. The number of likely N-dealkylation sites (tertiary alicyclic amines) is 1. The Morgan fingerprint density at radius 3 is 2.73 bits per heavy atom. The Morgan fingerprint density at radius 2 is 2.07 bits per heavy atom. The molecule has 0 spiro atoms. The molecule has 9 nitrogen and oxygen atoms in total. The summed E-state index contributed by atoms with van der Waals surface area (Å²) >= 11 is 0. The zero-order chi connectivity index (χ0) is 21.1. The monoisotopic (exact) mass is 409 g/mol. The van der Waals surface area contributed by atoms with Crippen LogP contribution in [0.3, 0.4) is 0 Å². The molecule has 0 radical (unpaired) electrons. The first kappa shape index (κ1) is 19.8. The molecule has 4 rings (SSSR count). The molecule has 0 bridgehead atoms. The van der Waals surface area contributed by atoms with Crippen molar-refractivity contribution in [3.8, 4) is 0 Å². The molecule has 156 valence electrons. The smallest absolute Gasteiger partial charge is 0.307 e. The lowest BCUT2D eigenvalue weighted by Crippen LogP contribution is -2.34. The van der Waals surface area contributed by atoms with Crippen LogP contribution in [0.1, 0.15) is 59.1 Å². The summed E-state index contributed by atoms with van der Waals surface area (Å²) in [6, 6.07) is 9.10. The largest absolute Gasteiger partial charge is 0.359 e. The molecule has 30 heavy (non-hydrogen) atoms. The van der Waals surface area contributed by atoms with Gasteiger partial charge in [-0.3, -0.25) is 19.6 Å². The summed E-state index contributed by atoms with van der Waals surface area (Å²) in [6.45, 7) is 2.96. The SMILES string of the molecule is Cc1cc(C2CCCCCN2C(=O)c2ccc(Cn3cc([N+](=O)[O-])cn3)cc2)on1. The van der Waals surface area contributed by atoms with Gasteiger partial charge in [-0.1, -0.05) is 30.1 Å². The van der Waals surface area contributed by atoms with Crippen molar-refractivity contribution in [2.75, 3.05) is 6.54 Å². The van der Waals surface area contributed by atoms with Crippen LogP contribution in [-0.4, -0.2) is 37.2 Å². The molecular weight excluding hydrogens is 386 g/mol. The number of nitro groups is 1. The Morgan fingerprint density at radius 1 is 1.27 bits per heavy atom. The van der Waals surface area contributed by atoms with Gasteiger partial charge in [-0.05, 0) is 37.5 Å². The average Bonchev–Trinajstić information content (AvgIpc) is 3.31. The second kappa shape index (κ2) is 8.48. The highest BCUT2D eigenvalue weighted by Gasteiger charge is 2.30. The minimum absolute atomic E-state index is 0.0303. The molecule has 1 aromatic carbocycles. The van der Waals surface area contributed by atoms with Crippen molar-refractivity contribution < 1.29 is 14.2 Å². The van der Waals surface area contributed by atoms with Crippen LogP contribution in [0.15, 0.2) is 47.2 Å². The molecular formula is C21H23N5O4. The third-order valence-corrected chi connectivity index (χ3v) is 5.36. The van der Waals surface area contributed by atoms with Crippen molar-refractivity contribution in [1.82, 2.24) is 19.8 Å². The fraction of sp³-hybridized carbons (Fsp3) is 0.381. The topological polar surface area (TPSA) is 107 Å². The molecule has 9 heteroatoms. The maximum absolute atomic E-state index is 13.3. The minimum atomic E-state index is -0.473. The molecule has 2 aromatic heterocycles. The molecule has 0 N–H and O–H groups in total. The summed E-state index contributed by atoms with van der Waals surface area (Å²) < 4.78 is 6.98. The molecule has 1 fully saturated rings. The Hall–Kier alpha value is -3.49. The Labute approximate surface area is 173 Å². The lowest BCUT2D eigenvalue weighted by Gasteiger charge is -2.28. The van der Waals surface area contributed by atoms with Crippen molar-refractivity contribution >= 4 is 11.6 Å². The van der Waals surface area contributed by atoms with E-state index in [9.17, 15) is 14.9 Å². The molecule has 1 aliphatic heterocycles. The van der Waals surface area contributed by atoms with Gasteiger partial charge in [0.25, 0.3) is 5.91 Å². The normalized spacial score (nSPS) is 17.0. The van der Waals surface area contributed by atoms with Gasteiger partial charge in [-0.15, -0.1) is 0 Å². The van der Waals surface area contributed by atoms with E-state index in [-0.39, 0.29) is 17.6 Å². The van der Waals surface area contributed by atoms with Gasteiger partial charge >= 0.3 is 5.69 Å². The Balaban J connectivity index is 1.50. The van der Waals surface area contributed by atoms with Gasteiger partial charge in [0.2, 0.25) is 0 Å². The number of amides is 1. The maximum Gasteiger partial charge on any atom is 0.307 e. The zero-order valence-corrected chi connectivity index (χ0v) is 16.7. The molecule has 1 amide bonds. The van der Waals surface area contributed by atoms with Crippen LogP contribution in [0, 0.1) is 17.0 Å². The minimum Gasteiger partial charge on any atom is -0.359 e. The van der Waals surface area contributed by atoms with Gasteiger partial charge in [0.1, 0.15) is 12.4 Å². The van der Waals surface area contributed by atoms with Crippen molar-refractivity contribution in [1.29, 1.82) is 0 Å². The fourth-order valence-electron chi connectivity index (χ4n) is 3.83. The summed E-state index contributed by atoms with van der Waals surface area (Å²) in [4.78, 5) is 25.5. The summed E-state index contributed by atoms with van der Waals surface area (Å²) in [5, 5.41) is 18.8. The van der Waals surface area contributed by atoms with E-state index in [0.717, 1.165) is 42.7 Å². The summed E-state index contributed by atoms with van der Waals surface area (Å²) in [5.74, 6) is 0.705. The highest BCUT2D eigenvalue weighted by atomic mass is 16.6. The van der Waals surface area contributed by atoms with Gasteiger partial charge in [0.05, 0.1) is 23.2 Å². The molecule has 0 saturated carbocycles. The van der Waals surface area contributed by atoms with E-state index in [0.29, 0.717) is 18.7 Å². The van der Waals surface area contributed by atoms with E-state index in [4.69, 9.17) is 4.52 Å². The van der Waals surface area contributed by atoms with Crippen LogP contribution in [0.25, 0.3) is 0 Å². The van der Waals surface area contributed by atoms with Crippen LogP contribution in [0.5, 0.6) is 0 Å². The summed E-state index contributed by atoms with van der Waals surface area (Å²) in [6.07, 6.45) is 6.57.